The lowest BCUT2D eigenvalue weighted by atomic mass is 9.92. The monoisotopic (exact) mass is 347 g/mol. The lowest BCUT2D eigenvalue weighted by molar-refractivity contribution is -0.0869. The third kappa shape index (κ3) is 4.39. The van der Waals surface area contributed by atoms with Crippen LogP contribution < -0.4 is 5.32 Å². The van der Waals surface area contributed by atoms with Crippen molar-refractivity contribution in [3.8, 4) is 0 Å². The molecule has 0 unspecified atom stereocenters. The van der Waals surface area contributed by atoms with Gasteiger partial charge in [0.2, 0.25) is 0 Å². The summed E-state index contributed by atoms with van der Waals surface area (Å²) in [7, 11) is 3.77. The zero-order chi connectivity index (χ0) is 17.9. The molecule has 2 aliphatic rings. The number of β-amino-alcohol motifs (C(OH)–C–C–N with tert-alkyl or cyclic N) is 1. The molecule has 2 N–H and O–H groups in total. The highest BCUT2D eigenvalue weighted by Crippen LogP contribution is 2.28. The average molecular weight is 347 g/mol. The Morgan fingerprint density at radius 1 is 1.36 bits per heavy atom. The van der Waals surface area contributed by atoms with Crippen LogP contribution in [0.5, 0.6) is 0 Å². The number of carbonyl (C=O) groups is 1. The van der Waals surface area contributed by atoms with Crippen LogP contribution in [0.25, 0.3) is 0 Å². The zero-order valence-corrected chi connectivity index (χ0v) is 15.2. The molecule has 25 heavy (non-hydrogen) atoms. The molecular weight excluding hydrogens is 318 g/mol. The minimum absolute atomic E-state index is 0.0614. The van der Waals surface area contributed by atoms with Gasteiger partial charge in [0.1, 0.15) is 0 Å². The number of rotatable bonds is 4. The van der Waals surface area contributed by atoms with E-state index in [1.807, 2.05) is 18.2 Å². The molecule has 0 spiro atoms. The number of amides is 1. The third-order valence-corrected chi connectivity index (χ3v) is 5.43. The second-order valence-corrected chi connectivity index (χ2v) is 7.27. The van der Waals surface area contributed by atoms with Gasteiger partial charge in [0.15, 0.2) is 0 Å². The number of hydrogen-bond acceptors (Lipinski definition) is 5. The SMILES string of the molecule is CNC(=O)c1cccc([C@H]2CN(CC3(O)CCOCC3)CCN2C)c1. The summed E-state index contributed by atoms with van der Waals surface area (Å²) in [5.74, 6) is -0.0614. The Balaban J connectivity index is 1.71. The van der Waals surface area contributed by atoms with Crippen molar-refractivity contribution in [2.24, 2.45) is 0 Å². The van der Waals surface area contributed by atoms with E-state index >= 15 is 0 Å². The van der Waals surface area contributed by atoms with Crippen molar-refractivity contribution in [2.45, 2.75) is 24.5 Å². The fraction of sp³-hybridized carbons (Fsp3) is 0.632. The quantitative estimate of drug-likeness (QED) is 0.846. The molecule has 0 bridgehead atoms. The van der Waals surface area contributed by atoms with E-state index in [0.29, 0.717) is 38.2 Å². The largest absolute Gasteiger partial charge is 0.388 e. The van der Waals surface area contributed by atoms with Gasteiger partial charge in [-0.2, -0.15) is 0 Å². The van der Waals surface area contributed by atoms with E-state index in [9.17, 15) is 9.90 Å². The zero-order valence-electron chi connectivity index (χ0n) is 15.2. The maximum absolute atomic E-state index is 11.9. The Morgan fingerprint density at radius 3 is 2.84 bits per heavy atom. The molecule has 2 fully saturated rings. The Labute approximate surface area is 149 Å². The van der Waals surface area contributed by atoms with Gasteiger partial charge in [0, 0.05) is 70.9 Å². The van der Waals surface area contributed by atoms with Crippen molar-refractivity contribution < 1.29 is 14.6 Å². The van der Waals surface area contributed by atoms with E-state index < -0.39 is 5.60 Å². The molecule has 3 rings (SSSR count). The predicted molar refractivity (Wildman–Crippen MR) is 96.6 cm³/mol. The molecule has 0 saturated carbocycles. The molecule has 1 aromatic rings. The number of nitrogens with one attached hydrogen (secondary N) is 1. The lowest BCUT2D eigenvalue weighted by Gasteiger charge is -2.43. The third-order valence-electron chi connectivity index (χ3n) is 5.43. The number of ether oxygens (including phenoxy) is 1. The highest BCUT2D eigenvalue weighted by molar-refractivity contribution is 5.94. The second-order valence-electron chi connectivity index (χ2n) is 7.27. The summed E-state index contributed by atoms with van der Waals surface area (Å²) in [5.41, 5.74) is 1.20. The second kappa shape index (κ2) is 7.83. The highest BCUT2D eigenvalue weighted by Gasteiger charge is 2.35. The molecule has 6 nitrogen and oxygen atoms in total. The summed E-state index contributed by atoms with van der Waals surface area (Å²) in [6.07, 6.45) is 1.41. The maximum Gasteiger partial charge on any atom is 0.251 e. The molecule has 0 aromatic heterocycles. The minimum Gasteiger partial charge on any atom is -0.388 e. The molecule has 138 valence electrons. The summed E-state index contributed by atoms with van der Waals surface area (Å²) >= 11 is 0. The number of likely N-dealkylation sites (N-methyl/N-ethyl adjacent to an activating group) is 1. The normalized spacial score (nSPS) is 24.8. The average Bonchev–Trinajstić information content (AvgIpc) is 2.63. The number of nitrogens with zero attached hydrogens (tertiary/aromatic N) is 2. The van der Waals surface area contributed by atoms with Crippen LogP contribution in [0.15, 0.2) is 24.3 Å². The molecule has 0 radical (unpaired) electrons. The summed E-state index contributed by atoms with van der Waals surface area (Å²) < 4.78 is 5.38. The van der Waals surface area contributed by atoms with Gasteiger partial charge in [-0.25, -0.2) is 0 Å². The van der Waals surface area contributed by atoms with Gasteiger partial charge < -0.3 is 15.2 Å². The van der Waals surface area contributed by atoms with Crippen molar-refractivity contribution in [3.63, 3.8) is 0 Å². The molecule has 1 amide bonds. The van der Waals surface area contributed by atoms with E-state index in [4.69, 9.17) is 4.74 Å². The van der Waals surface area contributed by atoms with Crippen LogP contribution in [0, 0.1) is 0 Å². The maximum atomic E-state index is 11.9. The number of benzene rings is 1. The fourth-order valence-electron chi connectivity index (χ4n) is 3.79. The van der Waals surface area contributed by atoms with Crippen molar-refractivity contribution in [3.05, 3.63) is 35.4 Å². The predicted octanol–water partition coefficient (Wildman–Crippen LogP) is 0.876. The van der Waals surface area contributed by atoms with Crippen LogP contribution in [0.3, 0.4) is 0 Å². The van der Waals surface area contributed by atoms with Crippen LogP contribution in [0.4, 0.5) is 0 Å². The van der Waals surface area contributed by atoms with E-state index in [1.54, 1.807) is 7.05 Å². The first kappa shape index (κ1) is 18.3. The Morgan fingerprint density at radius 2 is 2.12 bits per heavy atom. The van der Waals surface area contributed by atoms with Crippen molar-refractivity contribution in [1.29, 1.82) is 0 Å². The molecule has 0 aliphatic carbocycles. The number of carbonyl (C=O) groups excluding carboxylic acids is 1. The van der Waals surface area contributed by atoms with E-state index in [0.717, 1.165) is 25.2 Å². The molecule has 1 atom stereocenters. The molecular formula is C19H29N3O3. The Hall–Kier alpha value is -1.47. The van der Waals surface area contributed by atoms with Crippen LogP contribution in [0.1, 0.15) is 34.8 Å². The van der Waals surface area contributed by atoms with Crippen molar-refractivity contribution in [2.75, 3.05) is 53.5 Å². The number of piperazine rings is 1. The molecule has 1 aromatic carbocycles. The molecule has 2 saturated heterocycles. The lowest BCUT2D eigenvalue weighted by Crippen LogP contribution is -2.53. The van der Waals surface area contributed by atoms with Crippen molar-refractivity contribution >= 4 is 5.91 Å². The first-order chi connectivity index (χ1) is 12.0. The first-order valence-electron chi connectivity index (χ1n) is 9.05. The van der Waals surface area contributed by atoms with Crippen LogP contribution in [0.2, 0.25) is 0 Å². The van der Waals surface area contributed by atoms with Gasteiger partial charge in [-0.1, -0.05) is 12.1 Å². The fourth-order valence-corrected chi connectivity index (χ4v) is 3.79. The van der Waals surface area contributed by atoms with Gasteiger partial charge in [0.25, 0.3) is 5.91 Å². The van der Waals surface area contributed by atoms with Gasteiger partial charge in [-0.15, -0.1) is 0 Å². The van der Waals surface area contributed by atoms with Crippen LogP contribution in [-0.2, 0) is 4.74 Å². The van der Waals surface area contributed by atoms with Crippen molar-refractivity contribution in [1.82, 2.24) is 15.1 Å². The first-order valence-corrected chi connectivity index (χ1v) is 9.05. The Bertz CT molecular complexity index is 601. The summed E-state index contributed by atoms with van der Waals surface area (Å²) in [6, 6.07) is 8.07. The van der Waals surface area contributed by atoms with E-state index in [2.05, 4.69) is 28.2 Å². The highest BCUT2D eigenvalue weighted by atomic mass is 16.5. The number of hydrogen-bond donors (Lipinski definition) is 2. The number of aliphatic hydroxyl groups is 1. The topological polar surface area (TPSA) is 65.0 Å². The van der Waals surface area contributed by atoms with Gasteiger partial charge in [-0.05, 0) is 24.7 Å². The van der Waals surface area contributed by atoms with Crippen LogP contribution in [-0.4, -0.2) is 79.9 Å². The summed E-state index contributed by atoms with van der Waals surface area (Å²) in [4.78, 5) is 16.6. The van der Waals surface area contributed by atoms with Gasteiger partial charge in [-0.3, -0.25) is 14.6 Å². The molecule has 2 heterocycles. The van der Waals surface area contributed by atoms with Gasteiger partial charge in [0.05, 0.1) is 5.60 Å². The smallest absolute Gasteiger partial charge is 0.251 e. The Kier molecular flexibility index (Phi) is 5.74. The van der Waals surface area contributed by atoms with Gasteiger partial charge >= 0.3 is 0 Å². The van der Waals surface area contributed by atoms with Crippen LogP contribution >= 0.6 is 0 Å². The minimum atomic E-state index is -0.636. The van der Waals surface area contributed by atoms with E-state index in [-0.39, 0.29) is 11.9 Å². The standard InChI is InChI=1S/C19H29N3O3/c1-20-18(23)16-5-3-4-15(12-16)17-13-22(9-8-21(17)2)14-19(24)6-10-25-11-7-19/h3-5,12,17,24H,6-11,13-14H2,1-2H3,(H,20,23)/t17-/m1/s1. The summed E-state index contributed by atoms with van der Waals surface area (Å²) in [5, 5.41) is 13.5. The molecule has 6 heteroatoms. The molecule has 2 aliphatic heterocycles. The van der Waals surface area contributed by atoms with E-state index in [1.165, 1.54) is 0 Å². The summed E-state index contributed by atoms with van der Waals surface area (Å²) in [6.45, 7) is 4.73.